The maximum Gasteiger partial charge on any atom is 0.270 e. The monoisotopic (exact) mass is 417 g/mol. The van der Waals surface area contributed by atoms with Crippen LogP contribution in [0.5, 0.6) is 0 Å². The van der Waals surface area contributed by atoms with Crippen molar-refractivity contribution in [1.82, 2.24) is 20.4 Å². The van der Waals surface area contributed by atoms with Gasteiger partial charge in [-0.25, -0.2) is 0 Å². The van der Waals surface area contributed by atoms with E-state index in [-0.39, 0.29) is 17.6 Å². The lowest BCUT2D eigenvalue weighted by Gasteiger charge is -2.35. The van der Waals surface area contributed by atoms with Gasteiger partial charge in [-0.2, -0.15) is 0 Å². The van der Waals surface area contributed by atoms with Crippen molar-refractivity contribution in [2.75, 3.05) is 0 Å². The number of hydrogen-bond acceptors (Lipinski definition) is 6. The van der Waals surface area contributed by atoms with Crippen LogP contribution in [0.3, 0.4) is 0 Å². The predicted molar refractivity (Wildman–Crippen MR) is 114 cm³/mol. The third-order valence-corrected chi connectivity index (χ3v) is 5.73. The van der Waals surface area contributed by atoms with Gasteiger partial charge in [-0.1, -0.05) is 25.8 Å². The molecule has 1 aromatic carbocycles. The fourth-order valence-corrected chi connectivity index (χ4v) is 4.02. The first kappa shape index (κ1) is 21.2. The Morgan fingerprint density at radius 2 is 2.14 bits per heavy atom. The molecule has 156 valence electrons. The second-order valence-electron chi connectivity index (χ2n) is 7.85. The van der Waals surface area contributed by atoms with Crippen LogP contribution in [0.1, 0.15) is 52.3 Å². The van der Waals surface area contributed by atoms with Gasteiger partial charge in [0.05, 0.1) is 11.5 Å². The summed E-state index contributed by atoms with van der Waals surface area (Å²) in [6.45, 7) is 6.78. The van der Waals surface area contributed by atoms with Crippen LogP contribution < -0.4 is 5.32 Å². The molecule has 1 saturated carbocycles. The van der Waals surface area contributed by atoms with Crippen LogP contribution in [0.15, 0.2) is 28.7 Å². The summed E-state index contributed by atoms with van der Waals surface area (Å²) in [5.74, 6) is 1.27. The van der Waals surface area contributed by atoms with Gasteiger partial charge in [0.25, 0.3) is 5.69 Å². The molecule has 1 aliphatic rings. The van der Waals surface area contributed by atoms with E-state index in [1.807, 2.05) is 4.90 Å². The van der Waals surface area contributed by atoms with Crippen molar-refractivity contribution in [1.29, 1.82) is 0 Å². The highest BCUT2D eigenvalue weighted by Crippen LogP contribution is 2.25. The molecule has 1 N–H and O–H groups in total. The Labute approximate surface area is 175 Å². The SMILES string of the molecule is CC(C)N(Cc1nnc(-c2cccc([N+](=O)[O-])c2)o1)C(=S)N[C@H]1CCCC[C@H]1C. The zero-order valence-electron chi connectivity index (χ0n) is 17.0. The molecule has 1 aliphatic carbocycles. The van der Waals surface area contributed by atoms with Crippen LogP contribution in [0, 0.1) is 16.0 Å². The number of hydrogen-bond donors (Lipinski definition) is 1. The minimum Gasteiger partial charge on any atom is -0.419 e. The molecule has 1 aromatic heterocycles. The van der Waals surface area contributed by atoms with E-state index in [2.05, 4.69) is 36.3 Å². The first-order chi connectivity index (χ1) is 13.8. The van der Waals surface area contributed by atoms with E-state index in [1.54, 1.807) is 12.1 Å². The van der Waals surface area contributed by atoms with E-state index in [0.29, 0.717) is 35.1 Å². The van der Waals surface area contributed by atoms with Crippen molar-refractivity contribution in [2.45, 2.75) is 65.1 Å². The van der Waals surface area contributed by atoms with Crippen molar-refractivity contribution in [3.8, 4) is 11.5 Å². The summed E-state index contributed by atoms with van der Waals surface area (Å²) in [4.78, 5) is 12.6. The van der Waals surface area contributed by atoms with E-state index >= 15 is 0 Å². The summed E-state index contributed by atoms with van der Waals surface area (Å²) in [5.41, 5.74) is 0.504. The second kappa shape index (κ2) is 9.30. The van der Waals surface area contributed by atoms with Crippen LogP contribution in [-0.2, 0) is 6.54 Å². The lowest BCUT2D eigenvalue weighted by Crippen LogP contribution is -2.49. The zero-order chi connectivity index (χ0) is 21.0. The minimum absolute atomic E-state index is 0.0157. The lowest BCUT2D eigenvalue weighted by molar-refractivity contribution is -0.384. The number of nitrogens with zero attached hydrogens (tertiary/aromatic N) is 4. The van der Waals surface area contributed by atoms with Crippen molar-refractivity contribution in [2.24, 2.45) is 5.92 Å². The predicted octanol–water partition coefficient (Wildman–Crippen LogP) is 4.31. The Morgan fingerprint density at radius 3 is 2.83 bits per heavy atom. The Bertz CT molecular complexity index is 869. The van der Waals surface area contributed by atoms with E-state index in [9.17, 15) is 10.1 Å². The molecule has 9 heteroatoms. The van der Waals surface area contributed by atoms with Crippen molar-refractivity contribution in [3.63, 3.8) is 0 Å². The summed E-state index contributed by atoms with van der Waals surface area (Å²) in [7, 11) is 0. The number of nitro benzene ring substituents is 1. The van der Waals surface area contributed by atoms with Crippen molar-refractivity contribution >= 4 is 23.0 Å². The first-order valence-electron chi connectivity index (χ1n) is 9.99. The molecule has 0 amide bonds. The average molecular weight is 418 g/mol. The van der Waals surface area contributed by atoms with Crippen molar-refractivity contribution in [3.05, 3.63) is 40.3 Å². The van der Waals surface area contributed by atoms with Gasteiger partial charge < -0.3 is 14.6 Å². The molecule has 3 rings (SSSR count). The number of nitrogens with one attached hydrogen (secondary N) is 1. The number of thiocarbonyl (C=S) groups is 1. The van der Waals surface area contributed by atoms with Gasteiger partial charge in [0.15, 0.2) is 5.11 Å². The molecule has 0 aliphatic heterocycles. The highest BCUT2D eigenvalue weighted by atomic mass is 32.1. The number of benzene rings is 1. The Hall–Kier alpha value is -2.55. The minimum atomic E-state index is -0.447. The molecule has 0 spiro atoms. The molecular weight excluding hydrogens is 390 g/mol. The zero-order valence-corrected chi connectivity index (χ0v) is 17.8. The standard InChI is InChI=1S/C20H27N5O3S/c1-13(2)24(20(29)21-17-10-5-4-7-14(17)3)12-18-22-23-19(28-18)15-8-6-9-16(11-15)25(26)27/h6,8-9,11,13-14,17H,4-5,7,10,12H2,1-3H3,(H,21,29)/t14-,17+/m1/s1. The molecule has 0 unspecified atom stereocenters. The Balaban J connectivity index is 1.70. The van der Waals surface area contributed by atoms with Gasteiger partial charge in [0.2, 0.25) is 11.8 Å². The smallest absolute Gasteiger partial charge is 0.270 e. The maximum absolute atomic E-state index is 11.0. The molecule has 1 fully saturated rings. The Morgan fingerprint density at radius 1 is 1.38 bits per heavy atom. The Kier molecular flexibility index (Phi) is 6.79. The highest BCUT2D eigenvalue weighted by Gasteiger charge is 2.25. The molecular formula is C20H27N5O3S. The summed E-state index contributed by atoms with van der Waals surface area (Å²) < 4.78 is 5.77. The van der Waals surface area contributed by atoms with E-state index in [0.717, 1.165) is 6.42 Å². The van der Waals surface area contributed by atoms with Gasteiger partial charge in [-0.15, -0.1) is 10.2 Å². The fraction of sp³-hybridized carbons (Fsp3) is 0.550. The molecule has 2 aromatic rings. The van der Waals surface area contributed by atoms with Gasteiger partial charge in [0, 0.05) is 29.8 Å². The first-order valence-corrected chi connectivity index (χ1v) is 10.4. The topological polar surface area (TPSA) is 97.3 Å². The van der Waals surface area contributed by atoms with E-state index in [1.165, 1.54) is 31.4 Å². The third-order valence-electron chi connectivity index (χ3n) is 5.38. The van der Waals surface area contributed by atoms with Crippen molar-refractivity contribution < 1.29 is 9.34 Å². The largest absolute Gasteiger partial charge is 0.419 e. The maximum atomic E-state index is 11.0. The van der Waals surface area contributed by atoms with Gasteiger partial charge in [-0.05, 0) is 50.9 Å². The summed E-state index contributed by atoms with van der Waals surface area (Å²) in [6.07, 6.45) is 4.86. The summed E-state index contributed by atoms with van der Waals surface area (Å²) >= 11 is 5.68. The third kappa shape index (κ3) is 5.29. The average Bonchev–Trinajstić information content (AvgIpc) is 3.16. The van der Waals surface area contributed by atoms with Crippen LogP contribution >= 0.6 is 12.2 Å². The summed E-state index contributed by atoms with van der Waals surface area (Å²) in [6, 6.07) is 6.71. The van der Waals surface area contributed by atoms with Gasteiger partial charge in [-0.3, -0.25) is 10.1 Å². The number of nitro groups is 1. The van der Waals surface area contributed by atoms with Crippen LogP contribution in [0.25, 0.3) is 11.5 Å². The number of rotatable bonds is 6. The normalized spacial score (nSPS) is 19.2. The second-order valence-corrected chi connectivity index (χ2v) is 8.23. The summed E-state index contributed by atoms with van der Waals surface area (Å²) in [5, 5.41) is 23.4. The molecule has 0 bridgehead atoms. The number of non-ortho nitro benzene ring substituents is 1. The molecule has 0 saturated heterocycles. The highest BCUT2D eigenvalue weighted by molar-refractivity contribution is 7.80. The molecule has 0 radical (unpaired) electrons. The molecule has 29 heavy (non-hydrogen) atoms. The van der Waals surface area contributed by atoms with Crippen LogP contribution in [-0.4, -0.2) is 37.2 Å². The van der Waals surface area contributed by atoms with Crippen LogP contribution in [0.4, 0.5) is 5.69 Å². The molecule has 8 nitrogen and oxygen atoms in total. The van der Waals surface area contributed by atoms with Crippen LogP contribution in [0.2, 0.25) is 0 Å². The van der Waals surface area contributed by atoms with E-state index in [4.69, 9.17) is 16.6 Å². The molecule has 1 heterocycles. The molecule has 2 atom stereocenters. The van der Waals surface area contributed by atoms with Gasteiger partial charge >= 0.3 is 0 Å². The fourth-order valence-electron chi connectivity index (χ4n) is 3.59. The number of aromatic nitrogens is 2. The van der Waals surface area contributed by atoms with Gasteiger partial charge in [0.1, 0.15) is 0 Å². The lowest BCUT2D eigenvalue weighted by atomic mass is 9.86. The van der Waals surface area contributed by atoms with E-state index < -0.39 is 4.92 Å². The quantitative estimate of drug-likeness (QED) is 0.422.